The van der Waals surface area contributed by atoms with E-state index in [0.29, 0.717) is 46.2 Å². The van der Waals surface area contributed by atoms with Crippen LogP contribution in [0.3, 0.4) is 0 Å². The number of rotatable bonds is 3. The monoisotopic (exact) mass is 550 g/mol. The lowest BCUT2D eigenvalue weighted by molar-refractivity contribution is -0.273. The number of hydrogen-bond donors (Lipinski definition) is 0. The summed E-state index contributed by atoms with van der Waals surface area (Å²) >= 11 is 0. The maximum atomic E-state index is 12.9. The van der Waals surface area contributed by atoms with Crippen LogP contribution in [-0.2, 0) is 14.2 Å². The van der Waals surface area contributed by atoms with E-state index in [9.17, 15) is 4.79 Å². The van der Waals surface area contributed by atoms with Crippen LogP contribution in [0.25, 0.3) is 0 Å². The first kappa shape index (κ1) is 27.3. The van der Waals surface area contributed by atoms with E-state index in [0.717, 1.165) is 49.4 Å². The fourth-order valence-corrected chi connectivity index (χ4v) is 11.3. The van der Waals surface area contributed by atoms with Crippen LogP contribution in [0, 0.1) is 52.3 Å². The highest BCUT2D eigenvalue weighted by Crippen LogP contribution is 2.71. The van der Waals surface area contributed by atoms with Gasteiger partial charge in [-0.25, -0.2) is 4.79 Å². The largest absolute Gasteiger partial charge is 0.497 e. The first-order chi connectivity index (χ1) is 19.2. The van der Waals surface area contributed by atoms with Crippen molar-refractivity contribution in [3.63, 3.8) is 0 Å². The van der Waals surface area contributed by atoms with Crippen molar-refractivity contribution in [1.82, 2.24) is 0 Å². The van der Waals surface area contributed by atoms with Gasteiger partial charge in [0.15, 0.2) is 5.79 Å². The number of methoxy groups -OCH3 is 1. The van der Waals surface area contributed by atoms with Gasteiger partial charge in [-0.3, -0.25) is 0 Å². The summed E-state index contributed by atoms with van der Waals surface area (Å²) in [6, 6.07) is 7.28. The Labute approximate surface area is 241 Å². The molecule has 1 spiro atoms. The van der Waals surface area contributed by atoms with Gasteiger partial charge >= 0.3 is 5.97 Å². The second-order valence-electron chi connectivity index (χ2n) is 15.2. The molecule has 1 aromatic carbocycles. The molecule has 1 aromatic rings. The zero-order valence-corrected chi connectivity index (χ0v) is 25.3. The van der Waals surface area contributed by atoms with Crippen molar-refractivity contribution >= 4 is 5.97 Å². The summed E-state index contributed by atoms with van der Waals surface area (Å²) in [4.78, 5) is 12.9. The molecule has 40 heavy (non-hydrogen) atoms. The van der Waals surface area contributed by atoms with Gasteiger partial charge in [-0.2, -0.15) is 0 Å². The van der Waals surface area contributed by atoms with E-state index < -0.39 is 0 Å². The first-order valence-corrected chi connectivity index (χ1v) is 16.3. The predicted molar refractivity (Wildman–Crippen MR) is 154 cm³/mol. The van der Waals surface area contributed by atoms with Crippen LogP contribution in [0.15, 0.2) is 24.3 Å². The summed E-state index contributed by atoms with van der Waals surface area (Å²) in [6.07, 6.45) is 12.4. The lowest BCUT2D eigenvalue weighted by atomic mass is 9.44. The molecule has 2 heterocycles. The summed E-state index contributed by atoms with van der Waals surface area (Å²) in [7, 11) is 1.64. The van der Waals surface area contributed by atoms with Crippen molar-refractivity contribution in [2.75, 3.05) is 13.7 Å². The van der Waals surface area contributed by atoms with Gasteiger partial charge < -0.3 is 18.9 Å². The molecule has 4 saturated carbocycles. The number of hydrogen-bond acceptors (Lipinski definition) is 5. The van der Waals surface area contributed by atoms with Crippen LogP contribution >= 0.6 is 0 Å². The minimum atomic E-state index is -0.321. The van der Waals surface area contributed by atoms with Crippen molar-refractivity contribution in [1.29, 1.82) is 0 Å². The summed E-state index contributed by atoms with van der Waals surface area (Å²) in [5, 5.41) is 0. The molecule has 4 aliphatic carbocycles. The Hall–Kier alpha value is -1.59. The lowest BCUT2D eigenvalue weighted by Crippen LogP contribution is -2.55. The SMILES string of the molecule is COc1ccc(C(=O)O[C@H]2CC[C@@]3(C)[C@@H](CC[C@@H]4[C@@H]3CC[C@]3(C)[C@@H]5[C@H](C[C@@H]43)O[C@@]3(CC[C@H](C)CO3)[C@@H]5C)C2)cc1. The van der Waals surface area contributed by atoms with E-state index in [1.54, 1.807) is 7.11 Å². The highest BCUT2D eigenvalue weighted by molar-refractivity contribution is 5.89. The maximum Gasteiger partial charge on any atom is 0.338 e. The summed E-state index contributed by atoms with van der Waals surface area (Å²) in [5.41, 5.74) is 1.35. The van der Waals surface area contributed by atoms with Crippen molar-refractivity contribution < 1.29 is 23.7 Å². The number of esters is 1. The second-order valence-corrected chi connectivity index (χ2v) is 15.2. The van der Waals surface area contributed by atoms with Crippen LogP contribution in [0.2, 0.25) is 0 Å². The molecular formula is C35H50O5. The van der Waals surface area contributed by atoms with Crippen LogP contribution in [-0.4, -0.2) is 37.7 Å². The van der Waals surface area contributed by atoms with E-state index in [1.807, 2.05) is 24.3 Å². The summed E-state index contributed by atoms with van der Waals surface area (Å²) in [6.45, 7) is 10.8. The molecule has 6 fully saturated rings. The zero-order chi connectivity index (χ0) is 27.9. The van der Waals surface area contributed by atoms with E-state index in [4.69, 9.17) is 18.9 Å². The molecule has 2 saturated heterocycles. The Balaban J connectivity index is 1.03. The van der Waals surface area contributed by atoms with Crippen LogP contribution < -0.4 is 4.74 Å². The molecule has 5 heteroatoms. The first-order valence-electron chi connectivity index (χ1n) is 16.3. The number of carbonyl (C=O) groups is 1. The Bertz CT molecular complexity index is 1110. The molecule has 12 atom stereocenters. The van der Waals surface area contributed by atoms with Gasteiger partial charge in [0.2, 0.25) is 0 Å². The van der Waals surface area contributed by atoms with E-state index in [1.165, 1.54) is 44.9 Å². The fourth-order valence-electron chi connectivity index (χ4n) is 11.3. The molecule has 7 rings (SSSR count). The maximum absolute atomic E-state index is 12.9. The number of carbonyl (C=O) groups excluding carboxylic acids is 1. The molecule has 0 aromatic heterocycles. The Morgan fingerprint density at radius 1 is 0.900 bits per heavy atom. The predicted octanol–water partition coefficient (Wildman–Crippen LogP) is 7.67. The van der Waals surface area contributed by atoms with Gasteiger partial charge in [-0.05, 0) is 128 Å². The molecule has 0 radical (unpaired) electrons. The standard InChI is InChI=1S/C35H50O5/c1-21-12-17-35(38-20-21)22(2)31-30(40-35)19-29-27-11-8-24-18-26(39-32(36)23-6-9-25(37-5)10-7-23)13-15-33(24,3)28(27)14-16-34(29,31)4/h6-7,9-10,21-22,24,26-31H,8,11-20H2,1-5H3/t21-,22+,24-,26-,27+,28-,29-,30-,31-,33-,34-,35-/m0/s1. The molecule has 6 aliphatic rings. The van der Waals surface area contributed by atoms with Gasteiger partial charge in [0.1, 0.15) is 11.9 Å². The lowest BCUT2D eigenvalue weighted by Gasteiger charge is -2.61. The average molecular weight is 551 g/mol. The van der Waals surface area contributed by atoms with Gasteiger partial charge in [-0.1, -0.05) is 27.7 Å². The van der Waals surface area contributed by atoms with Gasteiger partial charge in [0.05, 0.1) is 25.4 Å². The van der Waals surface area contributed by atoms with Crippen LogP contribution in [0.5, 0.6) is 5.75 Å². The normalized spacial score (nSPS) is 49.5. The van der Waals surface area contributed by atoms with E-state index in [2.05, 4.69) is 27.7 Å². The molecule has 0 amide bonds. The average Bonchev–Trinajstić information content (AvgIpc) is 3.40. The van der Waals surface area contributed by atoms with E-state index >= 15 is 0 Å². The van der Waals surface area contributed by atoms with Crippen molar-refractivity contribution in [3.05, 3.63) is 29.8 Å². The topological polar surface area (TPSA) is 54.0 Å². The zero-order valence-electron chi connectivity index (χ0n) is 25.3. The smallest absolute Gasteiger partial charge is 0.338 e. The third-order valence-electron chi connectivity index (χ3n) is 13.5. The third kappa shape index (κ3) is 4.03. The van der Waals surface area contributed by atoms with Gasteiger partial charge in [0, 0.05) is 12.3 Å². The highest BCUT2D eigenvalue weighted by Gasteiger charge is 2.69. The summed E-state index contributed by atoms with van der Waals surface area (Å²) in [5.74, 6) is 5.03. The Morgan fingerprint density at radius 3 is 2.40 bits per heavy atom. The molecular weight excluding hydrogens is 500 g/mol. The molecule has 0 N–H and O–H groups in total. The fraction of sp³-hybridized carbons (Fsp3) is 0.800. The van der Waals surface area contributed by atoms with Gasteiger partial charge in [0.25, 0.3) is 0 Å². The molecule has 0 bridgehead atoms. The number of fused-ring (bicyclic) bond motifs is 7. The summed E-state index contributed by atoms with van der Waals surface area (Å²) < 4.78 is 24.8. The van der Waals surface area contributed by atoms with Crippen molar-refractivity contribution in [3.8, 4) is 5.75 Å². The number of benzene rings is 1. The van der Waals surface area contributed by atoms with Crippen molar-refractivity contribution in [2.24, 2.45) is 52.3 Å². The van der Waals surface area contributed by atoms with Crippen LogP contribution in [0.1, 0.15) is 102 Å². The minimum absolute atomic E-state index is 0.0348. The number of ether oxygens (including phenoxy) is 4. The third-order valence-corrected chi connectivity index (χ3v) is 13.5. The second kappa shape index (κ2) is 9.73. The molecule has 5 nitrogen and oxygen atoms in total. The molecule has 2 aliphatic heterocycles. The van der Waals surface area contributed by atoms with Crippen LogP contribution in [0.4, 0.5) is 0 Å². The Morgan fingerprint density at radius 2 is 1.68 bits per heavy atom. The van der Waals surface area contributed by atoms with E-state index in [-0.39, 0.29) is 17.9 Å². The Kier molecular flexibility index (Phi) is 6.63. The minimum Gasteiger partial charge on any atom is -0.497 e. The molecule has 0 unspecified atom stereocenters. The molecule has 220 valence electrons. The quantitative estimate of drug-likeness (QED) is 0.362. The highest BCUT2D eigenvalue weighted by atomic mass is 16.7. The van der Waals surface area contributed by atoms with Gasteiger partial charge in [-0.15, -0.1) is 0 Å². The van der Waals surface area contributed by atoms with Crippen molar-refractivity contribution in [2.45, 2.75) is 110 Å².